The molecule has 0 spiro atoms. The van der Waals surface area contributed by atoms with Gasteiger partial charge in [-0.15, -0.1) is 12.4 Å². The molecule has 0 saturated carbocycles. The van der Waals surface area contributed by atoms with Crippen LogP contribution in [0, 0.1) is 0 Å². The predicted molar refractivity (Wildman–Crippen MR) is 71.4 cm³/mol. The Morgan fingerprint density at radius 2 is 2.19 bits per heavy atom. The lowest BCUT2D eigenvalue weighted by Gasteiger charge is -2.23. The summed E-state index contributed by atoms with van der Waals surface area (Å²) < 4.78 is 0. The average Bonchev–Trinajstić information content (AvgIpc) is 2.74. The number of benzene rings is 1. The summed E-state index contributed by atoms with van der Waals surface area (Å²) in [5.74, 6) is 0. The molecular formula is C12H18Cl2N2. The van der Waals surface area contributed by atoms with E-state index < -0.39 is 0 Å². The highest BCUT2D eigenvalue weighted by Gasteiger charge is 2.19. The molecule has 1 aromatic carbocycles. The zero-order valence-corrected chi connectivity index (χ0v) is 11.0. The van der Waals surface area contributed by atoms with Gasteiger partial charge in [-0.25, -0.2) is 0 Å². The Bertz CT molecular complexity index is 325. The molecule has 1 heterocycles. The molecule has 2 rings (SSSR count). The van der Waals surface area contributed by atoms with Crippen LogP contribution in [0.25, 0.3) is 0 Å². The molecule has 0 aromatic heterocycles. The van der Waals surface area contributed by atoms with Crippen LogP contribution in [0.5, 0.6) is 0 Å². The van der Waals surface area contributed by atoms with Gasteiger partial charge >= 0.3 is 0 Å². The maximum atomic E-state index is 6.13. The van der Waals surface area contributed by atoms with Gasteiger partial charge in [0.1, 0.15) is 0 Å². The lowest BCUT2D eigenvalue weighted by Crippen LogP contribution is -2.32. The minimum Gasteiger partial charge on any atom is -0.315 e. The first kappa shape index (κ1) is 13.8. The number of hydrogen-bond acceptors (Lipinski definition) is 2. The fourth-order valence-electron chi connectivity index (χ4n) is 2.04. The van der Waals surface area contributed by atoms with E-state index in [1.54, 1.807) is 0 Å². The minimum absolute atomic E-state index is 0. The molecule has 90 valence electrons. The highest BCUT2D eigenvalue weighted by molar-refractivity contribution is 6.31. The Labute approximate surface area is 108 Å². The van der Waals surface area contributed by atoms with Crippen LogP contribution in [-0.4, -0.2) is 31.1 Å². The molecule has 1 atom stereocenters. The molecule has 1 N–H and O–H groups in total. The van der Waals surface area contributed by atoms with Gasteiger partial charge in [0.05, 0.1) is 0 Å². The molecule has 1 aromatic rings. The average molecular weight is 261 g/mol. The van der Waals surface area contributed by atoms with E-state index in [2.05, 4.69) is 23.3 Å². The van der Waals surface area contributed by atoms with Gasteiger partial charge in [0.15, 0.2) is 0 Å². The Hall–Kier alpha value is -0.280. The molecule has 0 bridgehead atoms. The molecule has 1 unspecified atom stereocenters. The normalized spacial score (nSPS) is 19.8. The zero-order valence-electron chi connectivity index (χ0n) is 9.45. The summed E-state index contributed by atoms with van der Waals surface area (Å²) in [4.78, 5) is 2.38. The van der Waals surface area contributed by atoms with Crippen LogP contribution in [0.15, 0.2) is 24.3 Å². The van der Waals surface area contributed by atoms with Gasteiger partial charge in [-0.1, -0.05) is 29.8 Å². The van der Waals surface area contributed by atoms with Crippen molar-refractivity contribution < 1.29 is 0 Å². The summed E-state index contributed by atoms with van der Waals surface area (Å²) in [6, 6.07) is 8.73. The summed E-state index contributed by atoms with van der Waals surface area (Å²) in [6.45, 7) is 3.17. The van der Waals surface area contributed by atoms with Gasteiger partial charge in [-0.2, -0.15) is 0 Å². The lowest BCUT2D eigenvalue weighted by molar-refractivity contribution is 0.249. The van der Waals surface area contributed by atoms with Crippen LogP contribution in [0.3, 0.4) is 0 Å². The molecule has 0 aliphatic carbocycles. The number of likely N-dealkylation sites (N-methyl/N-ethyl adjacent to an activating group) is 1. The number of hydrogen-bond donors (Lipinski definition) is 1. The summed E-state index contributed by atoms with van der Waals surface area (Å²) in [7, 11) is 2.17. The number of nitrogens with zero attached hydrogens (tertiary/aromatic N) is 1. The second-order valence-electron chi connectivity index (χ2n) is 4.15. The standard InChI is InChI=1S/C12H17ClN2.ClH/c1-15(11-6-7-14-8-11)9-10-4-2-3-5-12(10)13;/h2-5,11,14H,6-9H2,1H3;1H. The van der Waals surface area contributed by atoms with Crippen molar-refractivity contribution in [2.45, 2.75) is 19.0 Å². The summed E-state index contributed by atoms with van der Waals surface area (Å²) in [5, 5.41) is 4.25. The van der Waals surface area contributed by atoms with Gasteiger partial charge in [0, 0.05) is 24.2 Å². The minimum atomic E-state index is 0. The topological polar surface area (TPSA) is 15.3 Å². The van der Waals surface area contributed by atoms with Crippen LogP contribution >= 0.6 is 24.0 Å². The third-order valence-electron chi connectivity index (χ3n) is 3.04. The number of rotatable bonds is 3. The van der Waals surface area contributed by atoms with E-state index >= 15 is 0 Å². The van der Waals surface area contributed by atoms with Crippen molar-refractivity contribution in [1.82, 2.24) is 10.2 Å². The fourth-order valence-corrected chi connectivity index (χ4v) is 2.24. The highest BCUT2D eigenvalue weighted by Crippen LogP contribution is 2.18. The van der Waals surface area contributed by atoms with Crippen molar-refractivity contribution in [2.24, 2.45) is 0 Å². The molecule has 1 saturated heterocycles. The Morgan fingerprint density at radius 1 is 1.44 bits per heavy atom. The predicted octanol–water partition coefficient (Wildman–Crippen LogP) is 2.56. The molecule has 16 heavy (non-hydrogen) atoms. The second-order valence-corrected chi connectivity index (χ2v) is 4.56. The first-order valence-corrected chi connectivity index (χ1v) is 5.79. The Balaban J connectivity index is 0.00000128. The maximum Gasteiger partial charge on any atom is 0.0451 e. The van der Waals surface area contributed by atoms with E-state index in [-0.39, 0.29) is 12.4 Å². The van der Waals surface area contributed by atoms with E-state index in [0.29, 0.717) is 6.04 Å². The summed E-state index contributed by atoms with van der Waals surface area (Å²) in [6.07, 6.45) is 1.24. The Morgan fingerprint density at radius 3 is 2.81 bits per heavy atom. The van der Waals surface area contributed by atoms with Crippen molar-refractivity contribution in [3.05, 3.63) is 34.9 Å². The molecule has 1 fully saturated rings. The van der Waals surface area contributed by atoms with E-state index in [4.69, 9.17) is 11.6 Å². The second kappa shape index (κ2) is 6.45. The van der Waals surface area contributed by atoms with Gasteiger partial charge in [0.25, 0.3) is 0 Å². The monoisotopic (exact) mass is 260 g/mol. The number of nitrogens with one attached hydrogen (secondary N) is 1. The summed E-state index contributed by atoms with van der Waals surface area (Å²) >= 11 is 6.13. The van der Waals surface area contributed by atoms with E-state index in [1.165, 1.54) is 12.0 Å². The van der Waals surface area contributed by atoms with Gasteiger partial charge < -0.3 is 5.32 Å². The third-order valence-corrected chi connectivity index (χ3v) is 3.40. The van der Waals surface area contributed by atoms with Crippen LogP contribution < -0.4 is 5.32 Å². The molecule has 1 aliphatic heterocycles. The molecule has 4 heteroatoms. The molecule has 0 amide bonds. The van der Waals surface area contributed by atoms with Crippen LogP contribution in [0.4, 0.5) is 0 Å². The van der Waals surface area contributed by atoms with Crippen molar-refractivity contribution in [1.29, 1.82) is 0 Å². The van der Waals surface area contributed by atoms with E-state index in [1.807, 2.05) is 18.2 Å². The van der Waals surface area contributed by atoms with Crippen LogP contribution in [0.1, 0.15) is 12.0 Å². The van der Waals surface area contributed by atoms with E-state index in [0.717, 1.165) is 24.7 Å². The Kier molecular flexibility index (Phi) is 5.56. The van der Waals surface area contributed by atoms with E-state index in [9.17, 15) is 0 Å². The molecule has 0 radical (unpaired) electrons. The van der Waals surface area contributed by atoms with Crippen LogP contribution in [0.2, 0.25) is 5.02 Å². The van der Waals surface area contributed by atoms with Crippen molar-refractivity contribution >= 4 is 24.0 Å². The lowest BCUT2D eigenvalue weighted by atomic mass is 10.1. The third kappa shape index (κ3) is 3.36. The molecule has 1 aliphatic rings. The van der Waals surface area contributed by atoms with Gasteiger partial charge in [-0.05, 0) is 31.6 Å². The zero-order chi connectivity index (χ0) is 10.7. The first-order valence-electron chi connectivity index (χ1n) is 5.42. The summed E-state index contributed by atoms with van der Waals surface area (Å²) in [5.41, 5.74) is 1.22. The fraction of sp³-hybridized carbons (Fsp3) is 0.500. The largest absolute Gasteiger partial charge is 0.315 e. The van der Waals surface area contributed by atoms with Crippen LogP contribution in [-0.2, 0) is 6.54 Å². The smallest absolute Gasteiger partial charge is 0.0451 e. The highest BCUT2D eigenvalue weighted by atomic mass is 35.5. The SMILES string of the molecule is CN(Cc1ccccc1Cl)C1CCNC1.Cl. The first-order chi connectivity index (χ1) is 7.27. The molecule has 2 nitrogen and oxygen atoms in total. The molecular weight excluding hydrogens is 243 g/mol. The van der Waals surface area contributed by atoms with Crippen molar-refractivity contribution in [2.75, 3.05) is 20.1 Å². The maximum absolute atomic E-state index is 6.13. The van der Waals surface area contributed by atoms with Crippen molar-refractivity contribution in [3.63, 3.8) is 0 Å². The number of halogens is 2. The van der Waals surface area contributed by atoms with Gasteiger partial charge in [-0.3, -0.25) is 4.90 Å². The van der Waals surface area contributed by atoms with Crippen molar-refractivity contribution in [3.8, 4) is 0 Å². The van der Waals surface area contributed by atoms with Gasteiger partial charge in [0.2, 0.25) is 0 Å². The quantitative estimate of drug-likeness (QED) is 0.899.